The van der Waals surface area contributed by atoms with Gasteiger partial charge < -0.3 is 15.0 Å². The van der Waals surface area contributed by atoms with E-state index >= 15 is 0 Å². The number of hydrogen-bond acceptors (Lipinski definition) is 3. The van der Waals surface area contributed by atoms with Crippen molar-refractivity contribution in [1.82, 2.24) is 15.1 Å². The van der Waals surface area contributed by atoms with E-state index in [4.69, 9.17) is 4.74 Å². The lowest BCUT2D eigenvalue weighted by Gasteiger charge is -2.47. The van der Waals surface area contributed by atoms with E-state index in [9.17, 15) is 31.1 Å². The molecule has 2 aromatic rings. The van der Waals surface area contributed by atoms with Crippen molar-refractivity contribution in [3.63, 3.8) is 0 Å². The normalized spacial score (nSPS) is 18.9. The molecule has 2 aliphatic rings. The molecule has 2 aliphatic heterocycles. The van der Waals surface area contributed by atoms with Crippen LogP contribution in [0.1, 0.15) is 35.1 Å². The van der Waals surface area contributed by atoms with Gasteiger partial charge >= 0.3 is 18.4 Å². The van der Waals surface area contributed by atoms with E-state index in [-0.39, 0.29) is 11.7 Å². The second-order valence-electron chi connectivity index (χ2n) is 9.24. The van der Waals surface area contributed by atoms with Crippen molar-refractivity contribution in [2.45, 2.75) is 43.9 Å². The van der Waals surface area contributed by atoms with Crippen molar-refractivity contribution in [1.29, 1.82) is 0 Å². The summed E-state index contributed by atoms with van der Waals surface area (Å²) in [6.45, 7) is 3.09. The number of halogens is 6. The van der Waals surface area contributed by atoms with Gasteiger partial charge in [0, 0.05) is 39.3 Å². The van der Waals surface area contributed by atoms with Crippen molar-refractivity contribution in [2.75, 3.05) is 32.8 Å². The molecule has 0 aliphatic carbocycles. The molecule has 2 amide bonds. The maximum Gasteiger partial charge on any atom is 0.416 e. The number of likely N-dealkylation sites (tertiary alicyclic amines) is 1. The molecule has 2 aromatic carbocycles. The molecule has 36 heavy (non-hydrogen) atoms. The number of rotatable bonds is 4. The zero-order valence-corrected chi connectivity index (χ0v) is 19.5. The van der Waals surface area contributed by atoms with Crippen LogP contribution in [0, 0.1) is 0 Å². The Hall–Kier alpha value is -2.79. The van der Waals surface area contributed by atoms with E-state index in [1.165, 1.54) is 10.5 Å². The topological polar surface area (TPSA) is 44.8 Å². The number of nitrogens with zero attached hydrogens (tertiary/aromatic N) is 2. The quantitative estimate of drug-likeness (QED) is 0.563. The van der Waals surface area contributed by atoms with E-state index in [0.717, 1.165) is 25.7 Å². The van der Waals surface area contributed by atoms with Gasteiger partial charge in [0.2, 0.25) is 0 Å². The highest BCUT2D eigenvalue weighted by Gasteiger charge is 2.41. The Labute approximate surface area is 205 Å². The molecule has 5 nitrogen and oxygen atoms in total. The molecule has 4 rings (SSSR count). The van der Waals surface area contributed by atoms with E-state index in [2.05, 4.69) is 22.3 Å². The smallest absolute Gasteiger partial charge is 0.372 e. The average molecular weight is 515 g/mol. The first-order valence-corrected chi connectivity index (χ1v) is 11.7. The number of urea groups is 1. The van der Waals surface area contributed by atoms with Crippen LogP contribution in [0.2, 0.25) is 0 Å². The number of ether oxygens (including phenoxy) is 1. The largest absolute Gasteiger partial charge is 0.416 e. The lowest BCUT2D eigenvalue weighted by Crippen LogP contribution is -2.58. The summed E-state index contributed by atoms with van der Waals surface area (Å²) in [6.07, 6.45) is -8.72. The molecule has 2 saturated heterocycles. The predicted octanol–water partition coefficient (Wildman–Crippen LogP) is 5.30. The molecule has 0 aromatic heterocycles. The zero-order valence-electron chi connectivity index (χ0n) is 19.5. The van der Waals surface area contributed by atoms with Crippen LogP contribution in [0.3, 0.4) is 0 Å². The minimum atomic E-state index is -4.98. The fraction of sp³-hybridized carbons (Fsp3) is 0.480. The third-order valence-electron chi connectivity index (χ3n) is 6.71. The fourth-order valence-corrected chi connectivity index (χ4v) is 4.77. The molecule has 0 saturated carbocycles. The van der Waals surface area contributed by atoms with E-state index < -0.39 is 41.6 Å². The number of morpholine rings is 1. The van der Waals surface area contributed by atoms with Gasteiger partial charge in [0.1, 0.15) is 0 Å². The van der Waals surface area contributed by atoms with Crippen LogP contribution in [0.25, 0.3) is 0 Å². The maximum absolute atomic E-state index is 13.4. The van der Waals surface area contributed by atoms with Crippen molar-refractivity contribution in [3.8, 4) is 0 Å². The van der Waals surface area contributed by atoms with Gasteiger partial charge in [-0.3, -0.25) is 4.90 Å². The second-order valence-corrected chi connectivity index (χ2v) is 9.24. The Balaban J connectivity index is 1.33. The lowest BCUT2D eigenvalue weighted by molar-refractivity contribution is -0.143. The van der Waals surface area contributed by atoms with Gasteiger partial charge in [-0.25, -0.2) is 4.79 Å². The minimum absolute atomic E-state index is 0.0771. The summed E-state index contributed by atoms with van der Waals surface area (Å²) < 4.78 is 84.8. The average Bonchev–Trinajstić information content (AvgIpc) is 2.82. The van der Waals surface area contributed by atoms with Crippen LogP contribution in [-0.4, -0.2) is 54.2 Å². The highest BCUT2D eigenvalue weighted by atomic mass is 19.4. The molecule has 0 atom stereocenters. The van der Waals surface area contributed by atoms with E-state index in [1.54, 1.807) is 0 Å². The van der Waals surface area contributed by atoms with Gasteiger partial charge in [-0.05, 0) is 36.1 Å². The Morgan fingerprint density at radius 1 is 0.944 bits per heavy atom. The first kappa shape index (κ1) is 26.3. The lowest BCUT2D eigenvalue weighted by atomic mass is 9.89. The van der Waals surface area contributed by atoms with Gasteiger partial charge in [-0.1, -0.05) is 36.4 Å². The van der Waals surface area contributed by atoms with Crippen molar-refractivity contribution < 1.29 is 35.9 Å². The van der Waals surface area contributed by atoms with E-state index in [0.29, 0.717) is 38.6 Å². The number of piperidine rings is 1. The number of benzene rings is 2. The van der Waals surface area contributed by atoms with Gasteiger partial charge in [0.25, 0.3) is 0 Å². The van der Waals surface area contributed by atoms with Crippen LogP contribution < -0.4 is 5.32 Å². The zero-order chi connectivity index (χ0) is 26.0. The number of amides is 2. The summed E-state index contributed by atoms with van der Waals surface area (Å²) >= 11 is 0. The molecule has 2 heterocycles. The third-order valence-corrected chi connectivity index (χ3v) is 6.71. The van der Waals surface area contributed by atoms with Gasteiger partial charge in [-0.2, -0.15) is 26.3 Å². The van der Waals surface area contributed by atoms with Crippen LogP contribution in [-0.2, 0) is 30.2 Å². The highest BCUT2D eigenvalue weighted by molar-refractivity contribution is 5.74. The Morgan fingerprint density at radius 3 is 2.28 bits per heavy atom. The summed E-state index contributed by atoms with van der Waals surface area (Å²) in [4.78, 5) is 16.5. The van der Waals surface area contributed by atoms with Crippen LogP contribution in [0.15, 0.2) is 48.5 Å². The highest BCUT2D eigenvalue weighted by Crippen LogP contribution is 2.37. The Bertz CT molecular complexity index is 1050. The fourth-order valence-electron chi connectivity index (χ4n) is 4.77. The molecule has 196 valence electrons. The summed E-state index contributed by atoms with van der Waals surface area (Å²) in [7, 11) is 0. The van der Waals surface area contributed by atoms with Crippen LogP contribution in [0.5, 0.6) is 0 Å². The number of nitrogens with one attached hydrogen (secondary N) is 1. The molecular formula is C25H27F6N3O2. The van der Waals surface area contributed by atoms with Crippen LogP contribution in [0.4, 0.5) is 31.1 Å². The molecule has 1 N–H and O–H groups in total. The SMILES string of the molecule is O=C(NCc1ccc(C(F)(F)F)cc1C(F)(F)F)N1CCC2(CC1)CN(Cc1ccccc1)CCO2. The number of alkyl halides is 6. The molecule has 11 heteroatoms. The first-order chi connectivity index (χ1) is 17.0. The van der Waals surface area contributed by atoms with E-state index in [1.807, 2.05) is 18.2 Å². The summed E-state index contributed by atoms with van der Waals surface area (Å²) in [6, 6.07) is 10.9. The summed E-state index contributed by atoms with van der Waals surface area (Å²) in [5.41, 5.74) is -2.41. The molecule has 2 fully saturated rings. The second kappa shape index (κ2) is 10.3. The third kappa shape index (κ3) is 6.31. The van der Waals surface area contributed by atoms with Crippen molar-refractivity contribution in [3.05, 3.63) is 70.8 Å². The molecule has 0 bridgehead atoms. The predicted molar refractivity (Wildman–Crippen MR) is 120 cm³/mol. The summed E-state index contributed by atoms with van der Waals surface area (Å²) in [5, 5.41) is 2.43. The Morgan fingerprint density at radius 2 is 1.64 bits per heavy atom. The standard InChI is InChI=1S/C25H27F6N3O2/c26-24(27,28)20-7-6-19(21(14-20)25(29,30)31)15-32-22(35)34-10-8-23(9-11-34)17-33(12-13-36-23)16-18-4-2-1-3-5-18/h1-7,14H,8-13,15-17H2,(H,32,35). The minimum Gasteiger partial charge on any atom is -0.372 e. The van der Waals surface area contributed by atoms with Crippen LogP contribution >= 0.6 is 0 Å². The molecule has 0 unspecified atom stereocenters. The molecular weight excluding hydrogens is 488 g/mol. The summed E-state index contributed by atoms with van der Waals surface area (Å²) in [5.74, 6) is 0. The number of carbonyl (C=O) groups excluding carboxylic acids is 1. The van der Waals surface area contributed by atoms with Gasteiger partial charge in [-0.15, -0.1) is 0 Å². The molecule has 1 spiro atoms. The van der Waals surface area contributed by atoms with Crippen molar-refractivity contribution >= 4 is 6.03 Å². The number of hydrogen-bond donors (Lipinski definition) is 1. The van der Waals surface area contributed by atoms with Gasteiger partial charge in [0.15, 0.2) is 0 Å². The van der Waals surface area contributed by atoms with Crippen molar-refractivity contribution in [2.24, 2.45) is 0 Å². The monoisotopic (exact) mass is 515 g/mol. The first-order valence-electron chi connectivity index (χ1n) is 11.7. The number of carbonyl (C=O) groups is 1. The Kier molecular flexibility index (Phi) is 7.51. The van der Waals surface area contributed by atoms with Gasteiger partial charge in [0.05, 0.1) is 23.3 Å². The maximum atomic E-state index is 13.4. The molecule has 0 radical (unpaired) electrons.